The number of esters is 1. The predicted molar refractivity (Wildman–Crippen MR) is 71.6 cm³/mol. The zero-order valence-corrected chi connectivity index (χ0v) is 12.2. The van der Waals surface area contributed by atoms with Gasteiger partial charge in [0.1, 0.15) is 22.7 Å². The molecule has 2 atom stereocenters. The molecule has 2 aliphatic rings. The van der Waals surface area contributed by atoms with Gasteiger partial charge in [0.2, 0.25) is 5.91 Å². The third-order valence-corrected chi connectivity index (χ3v) is 4.16. The molecule has 1 saturated heterocycles. The summed E-state index contributed by atoms with van der Waals surface area (Å²) in [5.74, 6) is -2.38. The normalized spacial score (nSPS) is 26.0. The first-order chi connectivity index (χ1) is 9.13. The van der Waals surface area contributed by atoms with Gasteiger partial charge in [0, 0.05) is 5.75 Å². The van der Waals surface area contributed by atoms with Crippen LogP contribution in [0.2, 0.25) is 0 Å². The summed E-state index contributed by atoms with van der Waals surface area (Å²) in [6, 6.07) is -0.701. The van der Waals surface area contributed by atoms with Gasteiger partial charge in [0.05, 0.1) is 5.57 Å². The summed E-state index contributed by atoms with van der Waals surface area (Å²) in [6.07, 6.45) is 0. The zero-order valence-electron chi connectivity index (χ0n) is 11.4. The van der Waals surface area contributed by atoms with E-state index >= 15 is 0 Å². The highest BCUT2D eigenvalue weighted by molar-refractivity contribution is 8.00. The van der Waals surface area contributed by atoms with Gasteiger partial charge in [-0.3, -0.25) is 9.69 Å². The van der Waals surface area contributed by atoms with E-state index in [1.807, 2.05) is 0 Å². The lowest BCUT2D eigenvalue weighted by atomic mass is 10.0. The quantitative estimate of drug-likeness (QED) is 0.541. The fourth-order valence-corrected chi connectivity index (χ4v) is 3.28. The van der Waals surface area contributed by atoms with Crippen LogP contribution in [0.25, 0.3) is 0 Å². The molecule has 2 rings (SSSR count). The fourth-order valence-electron chi connectivity index (χ4n) is 2.00. The van der Waals surface area contributed by atoms with Gasteiger partial charge >= 0.3 is 11.9 Å². The second kappa shape index (κ2) is 4.78. The molecular formula is C12H16N2O5S. The molecule has 7 nitrogen and oxygen atoms in total. The molecule has 0 radical (unpaired) electrons. The lowest BCUT2D eigenvalue weighted by Crippen LogP contribution is -2.68. The highest BCUT2D eigenvalue weighted by Crippen LogP contribution is 2.40. The highest BCUT2D eigenvalue weighted by atomic mass is 32.2. The molecule has 1 fully saturated rings. The molecule has 2 aliphatic heterocycles. The topological polar surface area (TPSA) is 110 Å². The number of nitrogens with two attached hydrogens (primary N) is 1. The molecule has 0 aromatic rings. The van der Waals surface area contributed by atoms with E-state index in [1.54, 1.807) is 20.8 Å². The van der Waals surface area contributed by atoms with E-state index in [0.29, 0.717) is 0 Å². The molecule has 0 aliphatic carbocycles. The molecule has 1 unspecified atom stereocenters. The molecule has 0 aromatic carbocycles. The Morgan fingerprint density at radius 3 is 2.55 bits per heavy atom. The van der Waals surface area contributed by atoms with Crippen LogP contribution in [-0.4, -0.2) is 50.6 Å². The number of hydrogen-bond donors (Lipinski definition) is 2. The average Bonchev–Trinajstić information content (AvgIpc) is 2.33. The minimum absolute atomic E-state index is 0.117. The number of carbonyl (C=O) groups excluding carboxylic acids is 2. The van der Waals surface area contributed by atoms with E-state index in [-0.39, 0.29) is 17.0 Å². The van der Waals surface area contributed by atoms with Gasteiger partial charge in [0.15, 0.2) is 0 Å². The Morgan fingerprint density at radius 2 is 2.05 bits per heavy atom. The first kappa shape index (κ1) is 14.9. The maximum Gasteiger partial charge on any atom is 0.356 e. The van der Waals surface area contributed by atoms with Gasteiger partial charge in [-0.1, -0.05) is 0 Å². The van der Waals surface area contributed by atoms with Gasteiger partial charge in [-0.05, 0) is 20.8 Å². The van der Waals surface area contributed by atoms with Gasteiger partial charge in [-0.2, -0.15) is 0 Å². The first-order valence-electron chi connectivity index (χ1n) is 6.03. The van der Waals surface area contributed by atoms with Crippen molar-refractivity contribution in [2.45, 2.75) is 37.8 Å². The van der Waals surface area contributed by atoms with Crippen molar-refractivity contribution >= 4 is 29.6 Å². The number of carboxylic acids is 1. The number of thioether (sulfide) groups is 1. The minimum atomic E-state index is -1.23. The smallest absolute Gasteiger partial charge is 0.356 e. The zero-order chi connectivity index (χ0) is 15.2. The lowest BCUT2D eigenvalue weighted by Gasteiger charge is -2.48. The molecule has 0 spiro atoms. The highest BCUT2D eigenvalue weighted by Gasteiger charge is 2.53. The van der Waals surface area contributed by atoms with Crippen LogP contribution in [0.3, 0.4) is 0 Å². The van der Waals surface area contributed by atoms with Gasteiger partial charge in [-0.25, -0.2) is 9.59 Å². The Balaban J connectivity index is 2.39. The maximum absolute atomic E-state index is 12.2. The lowest BCUT2D eigenvalue weighted by molar-refractivity contribution is -0.158. The van der Waals surface area contributed by atoms with E-state index in [2.05, 4.69) is 0 Å². The second-order valence-electron chi connectivity index (χ2n) is 5.57. The van der Waals surface area contributed by atoms with Gasteiger partial charge in [-0.15, -0.1) is 11.8 Å². The van der Waals surface area contributed by atoms with Crippen LogP contribution in [-0.2, 0) is 19.1 Å². The van der Waals surface area contributed by atoms with E-state index in [0.717, 1.165) is 4.90 Å². The number of carboxylic acid groups (broad SMARTS) is 1. The van der Waals surface area contributed by atoms with Crippen molar-refractivity contribution in [1.82, 2.24) is 4.90 Å². The molecule has 0 bridgehead atoms. The van der Waals surface area contributed by atoms with E-state index in [1.165, 1.54) is 11.8 Å². The average molecular weight is 300 g/mol. The van der Waals surface area contributed by atoms with Crippen LogP contribution in [0.4, 0.5) is 0 Å². The van der Waals surface area contributed by atoms with Gasteiger partial charge < -0.3 is 15.6 Å². The maximum atomic E-state index is 12.2. The molecule has 2 heterocycles. The number of carbonyl (C=O) groups is 3. The predicted octanol–water partition coefficient (Wildman–Crippen LogP) is -0.0908. The molecule has 110 valence electrons. The molecule has 3 N–H and O–H groups in total. The van der Waals surface area contributed by atoms with E-state index < -0.39 is 34.9 Å². The summed E-state index contributed by atoms with van der Waals surface area (Å²) in [4.78, 5) is 36.4. The monoisotopic (exact) mass is 300 g/mol. The van der Waals surface area contributed by atoms with Crippen LogP contribution in [0.1, 0.15) is 20.8 Å². The van der Waals surface area contributed by atoms with Crippen molar-refractivity contribution in [2.24, 2.45) is 5.73 Å². The van der Waals surface area contributed by atoms with Crippen molar-refractivity contribution in [3.8, 4) is 0 Å². The van der Waals surface area contributed by atoms with Crippen molar-refractivity contribution in [3.63, 3.8) is 0 Å². The number of ether oxygens (including phenoxy) is 1. The Morgan fingerprint density at radius 1 is 1.45 bits per heavy atom. The summed E-state index contributed by atoms with van der Waals surface area (Å²) >= 11 is 1.23. The largest absolute Gasteiger partial charge is 0.478 e. The van der Waals surface area contributed by atoms with Crippen LogP contribution < -0.4 is 5.73 Å². The van der Waals surface area contributed by atoms with Crippen molar-refractivity contribution in [1.29, 1.82) is 0 Å². The van der Waals surface area contributed by atoms with E-state index in [9.17, 15) is 19.5 Å². The first-order valence-corrected chi connectivity index (χ1v) is 7.08. The molecule has 8 heteroatoms. The minimum Gasteiger partial charge on any atom is -0.478 e. The Hall–Kier alpha value is -1.54. The molecule has 0 saturated carbocycles. The Bertz CT molecular complexity index is 522. The van der Waals surface area contributed by atoms with Crippen LogP contribution >= 0.6 is 11.8 Å². The van der Waals surface area contributed by atoms with Crippen LogP contribution in [0.15, 0.2) is 11.3 Å². The number of aliphatic carboxylic acids is 1. The second-order valence-corrected chi connectivity index (χ2v) is 6.67. The van der Waals surface area contributed by atoms with Crippen molar-refractivity contribution in [2.75, 3.05) is 5.75 Å². The third kappa shape index (κ3) is 2.40. The SMILES string of the molecule is CC(C)(C)OC(=O)C1=C(C(=O)O)CS[C@@H]2C(N)C(=O)N12. The van der Waals surface area contributed by atoms with Crippen molar-refractivity contribution in [3.05, 3.63) is 11.3 Å². The van der Waals surface area contributed by atoms with Crippen molar-refractivity contribution < 1.29 is 24.2 Å². The summed E-state index contributed by atoms with van der Waals surface area (Å²) < 4.78 is 5.19. The summed E-state index contributed by atoms with van der Waals surface area (Å²) in [6.45, 7) is 5.01. The Kier molecular flexibility index (Phi) is 3.55. The number of β-lactam (4-membered cyclic amide) rings is 1. The summed E-state index contributed by atoms with van der Waals surface area (Å²) in [5.41, 5.74) is 4.56. The van der Waals surface area contributed by atoms with Crippen LogP contribution in [0.5, 0.6) is 0 Å². The number of nitrogens with zero attached hydrogens (tertiary/aromatic N) is 1. The standard InChI is InChI=1S/C12H16N2O5S/c1-12(2,3)19-11(18)7-5(10(16)17)4-20-9-6(13)8(15)14(7)9/h6,9H,4,13H2,1-3H3,(H,16,17)/t6?,9-/m1/s1. The van der Waals surface area contributed by atoms with E-state index in [4.69, 9.17) is 10.5 Å². The third-order valence-electron chi connectivity index (χ3n) is 2.86. The fraction of sp³-hybridized carbons (Fsp3) is 0.583. The van der Waals surface area contributed by atoms with Gasteiger partial charge in [0.25, 0.3) is 0 Å². The summed E-state index contributed by atoms with van der Waals surface area (Å²) in [5, 5.41) is 8.79. The number of fused-ring (bicyclic) bond motifs is 1. The Labute approximate surface area is 120 Å². The number of rotatable bonds is 2. The van der Waals surface area contributed by atoms with Crippen LogP contribution in [0, 0.1) is 0 Å². The molecule has 1 amide bonds. The molecular weight excluding hydrogens is 284 g/mol. The number of amides is 1. The molecule has 0 aromatic heterocycles. The summed E-state index contributed by atoms with van der Waals surface area (Å²) in [7, 11) is 0. The molecule has 20 heavy (non-hydrogen) atoms. The number of hydrogen-bond acceptors (Lipinski definition) is 6.